The minimum Gasteiger partial charge on any atom is -0.339 e. The van der Waals surface area contributed by atoms with E-state index < -0.39 is 0 Å². The third-order valence-electron chi connectivity index (χ3n) is 3.36. The van der Waals surface area contributed by atoms with Crippen molar-refractivity contribution in [1.82, 2.24) is 10.1 Å². The molecule has 0 amide bonds. The molecule has 0 aliphatic carbocycles. The minimum atomic E-state index is -0.242. The predicted molar refractivity (Wildman–Crippen MR) is 71.1 cm³/mol. The molecule has 1 heterocycles. The van der Waals surface area contributed by atoms with E-state index in [1.54, 1.807) is 19.1 Å². The van der Waals surface area contributed by atoms with E-state index in [1.165, 1.54) is 6.07 Å². The lowest BCUT2D eigenvalue weighted by molar-refractivity contribution is 0.340. The molecule has 5 heteroatoms. The maximum atomic E-state index is 13.2. The molecular formula is C14H18FN3O. The first-order chi connectivity index (χ1) is 9.02. The van der Waals surface area contributed by atoms with Gasteiger partial charge >= 0.3 is 0 Å². The Balaban J connectivity index is 2.27. The van der Waals surface area contributed by atoms with Gasteiger partial charge in [0.2, 0.25) is 11.7 Å². The standard InChI is InChI=1S/C14H18FN3O/c1-4-12(16)9(3)14-17-13(18-19-14)10-5-6-11(15)8(2)7-10/h5-7,9,12H,4,16H2,1-3H3. The third kappa shape index (κ3) is 2.81. The van der Waals surface area contributed by atoms with Crippen LogP contribution in [-0.4, -0.2) is 16.2 Å². The van der Waals surface area contributed by atoms with E-state index >= 15 is 0 Å². The predicted octanol–water partition coefficient (Wildman–Crippen LogP) is 3.02. The summed E-state index contributed by atoms with van der Waals surface area (Å²) >= 11 is 0. The van der Waals surface area contributed by atoms with Gasteiger partial charge in [0.15, 0.2) is 0 Å². The van der Waals surface area contributed by atoms with Crippen LogP contribution in [0, 0.1) is 12.7 Å². The van der Waals surface area contributed by atoms with Gasteiger partial charge in [-0.3, -0.25) is 0 Å². The Labute approximate surface area is 111 Å². The SMILES string of the molecule is CCC(N)C(C)c1nc(-c2ccc(F)c(C)c2)no1. The molecule has 102 valence electrons. The zero-order valence-electron chi connectivity index (χ0n) is 11.4. The van der Waals surface area contributed by atoms with E-state index in [1.807, 2.05) is 13.8 Å². The topological polar surface area (TPSA) is 64.9 Å². The molecule has 0 aliphatic heterocycles. The highest BCUT2D eigenvalue weighted by Gasteiger charge is 2.20. The van der Waals surface area contributed by atoms with Crippen LogP contribution >= 0.6 is 0 Å². The Hall–Kier alpha value is -1.75. The summed E-state index contributed by atoms with van der Waals surface area (Å²) in [5.74, 6) is 0.751. The van der Waals surface area contributed by atoms with Gasteiger partial charge in [0.25, 0.3) is 0 Å². The number of halogens is 1. The third-order valence-corrected chi connectivity index (χ3v) is 3.36. The second kappa shape index (κ2) is 5.48. The van der Waals surface area contributed by atoms with E-state index in [9.17, 15) is 4.39 Å². The van der Waals surface area contributed by atoms with Gasteiger partial charge in [-0.2, -0.15) is 4.98 Å². The van der Waals surface area contributed by atoms with Crippen molar-refractivity contribution in [3.63, 3.8) is 0 Å². The van der Waals surface area contributed by atoms with Gasteiger partial charge < -0.3 is 10.3 Å². The normalized spacial score (nSPS) is 14.4. The number of aryl methyl sites for hydroxylation is 1. The Kier molecular flexibility index (Phi) is 3.95. The Morgan fingerprint density at radius 2 is 2.16 bits per heavy atom. The Morgan fingerprint density at radius 3 is 2.79 bits per heavy atom. The van der Waals surface area contributed by atoms with E-state index in [0.717, 1.165) is 12.0 Å². The summed E-state index contributed by atoms with van der Waals surface area (Å²) in [5.41, 5.74) is 7.26. The van der Waals surface area contributed by atoms with Gasteiger partial charge in [0, 0.05) is 11.6 Å². The summed E-state index contributed by atoms with van der Waals surface area (Å²) in [6.45, 7) is 5.68. The lowest BCUT2D eigenvalue weighted by Gasteiger charge is -2.13. The van der Waals surface area contributed by atoms with Crippen LogP contribution < -0.4 is 5.73 Å². The van der Waals surface area contributed by atoms with Crippen LogP contribution in [-0.2, 0) is 0 Å². The summed E-state index contributed by atoms with van der Waals surface area (Å²) in [5, 5.41) is 3.93. The van der Waals surface area contributed by atoms with E-state index in [2.05, 4.69) is 10.1 Å². The number of aromatic nitrogens is 2. The fraction of sp³-hybridized carbons (Fsp3) is 0.429. The van der Waals surface area contributed by atoms with Gasteiger partial charge in [-0.25, -0.2) is 4.39 Å². The second-order valence-corrected chi connectivity index (χ2v) is 4.78. The van der Waals surface area contributed by atoms with E-state index in [-0.39, 0.29) is 17.8 Å². The Morgan fingerprint density at radius 1 is 1.42 bits per heavy atom. The lowest BCUT2D eigenvalue weighted by atomic mass is 10.0. The molecule has 0 saturated heterocycles. The average molecular weight is 263 g/mol. The van der Waals surface area contributed by atoms with Crippen molar-refractivity contribution in [3.8, 4) is 11.4 Å². The molecule has 0 aliphatic rings. The molecule has 2 unspecified atom stereocenters. The summed E-state index contributed by atoms with van der Waals surface area (Å²) in [7, 11) is 0. The molecule has 4 nitrogen and oxygen atoms in total. The maximum absolute atomic E-state index is 13.2. The fourth-order valence-corrected chi connectivity index (χ4v) is 1.86. The average Bonchev–Trinajstić information content (AvgIpc) is 2.89. The smallest absolute Gasteiger partial charge is 0.231 e. The molecule has 0 bridgehead atoms. The molecule has 0 fully saturated rings. The number of benzene rings is 1. The van der Waals surface area contributed by atoms with E-state index in [4.69, 9.17) is 10.3 Å². The summed E-state index contributed by atoms with van der Waals surface area (Å²) < 4.78 is 18.5. The van der Waals surface area contributed by atoms with Gasteiger partial charge in [0.05, 0.1) is 5.92 Å². The van der Waals surface area contributed by atoms with Crippen molar-refractivity contribution >= 4 is 0 Å². The van der Waals surface area contributed by atoms with Crippen LogP contribution in [0.15, 0.2) is 22.7 Å². The van der Waals surface area contributed by atoms with Crippen molar-refractivity contribution < 1.29 is 8.91 Å². The van der Waals surface area contributed by atoms with Gasteiger partial charge in [-0.1, -0.05) is 19.0 Å². The van der Waals surface area contributed by atoms with Crippen LogP contribution in [0.2, 0.25) is 0 Å². The molecular weight excluding hydrogens is 245 g/mol. The van der Waals surface area contributed by atoms with Crippen molar-refractivity contribution in [2.75, 3.05) is 0 Å². The summed E-state index contributed by atoms with van der Waals surface area (Å²) in [4.78, 5) is 4.34. The second-order valence-electron chi connectivity index (χ2n) is 4.78. The lowest BCUT2D eigenvalue weighted by Crippen LogP contribution is -2.25. The summed E-state index contributed by atoms with van der Waals surface area (Å²) in [6, 6.07) is 4.74. The van der Waals surface area contributed by atoms with Crippen molar-refractivity contribution in [3.05, 3.63) is 35.5 Å². The molecule has 0 radical (unpaired) electrons. The number of hydrogen-bond acceptors (Lipinski definition) is 4. The van der Waals surface area contributed by atoms with Crippen molar-refractivity contribution in [2.24, 2.45) is 5.73 Å². The maximum Gasteiger partial charge on any atom is 0.231 e. The van der Waals surface area contributed by atoms with Gasteiger partial charge in [0.1, 0.15) is 5.82 Å². The van der Waals surface area contributed by atoms with Crippen molar-refractivity contribution in [1.29, 1.82) is 0 Å². The zero-order valence-corrected chi connectivity index (χ0v) is 11.4. The Bertz CT molecular complexity index is 568. The van der Waals surface area contributed by atoms with Crippen LogP contribution in [0.3, 0.4) is 0 Å². The number of rotatable bonds is 4. The molecule has 1 aromatic carbocycles. The molecule has 2 N–H and O–H groups in total. The largest absolute Gasteiger partial charge is 0.339 e. The van der Waals surface area contributed by atoms with Crippen LogP contribution in [0.5, 0.6) is 0 Å². The highest BCUT2D eigenvalue weighted by Crippen LogP contribution is 2.23. The summed E-state index contributed by atoms with van der Waals surface area (Å²) in [6.07, 6.45) is 0.842. The quantitative estimate of drug-likeness (QED) is 0.920. The molecule has 2 rings (SSSR count). The van der Waals surface area contributed by atoms with Gasteiger partial charge in [-0.05, 0) is 37.1 Å². The number of hydrogen-bond donors (Lipinski definition) is 1. The first kappa shape index (κ1) is 13.7. The molecule has 0 spiro atoms. The minimum absolute atomic E-state index is 0.00722. The highest BCUT2D eigenvalue weighted by molar-refractivity contribution is 5.55. The fourth-order valence-electron chi connectivity index (χ4n) is 1.86. The van der Waals surface area contributed by atoms with E-state index in [0.29, 0.717) is 17.3 Å². The highest BCUT2D eigenvalue weighted by atomic mass is 19.1. The monoisotopic (exact) mass is 263 g/mol. The molecule has 1 aromatic heterocycles. The number of nitrogens with zero attached hydrogens (tertiary/aromatic N) is 2. The van der Waals surface area contributed by atoms with Crippen molar-refractivity contribution in [2.45, 2.75) is 39.2 Å². The molecule has 2 aromatic rings. The van der Waals surface area contributed by atoms with Crippen LogP contribution in [0.1, 0.15) is 37.6 Å². The number of nitrogens with two attached hydrogens (primary N) is 1. The van der Waals surface area contributed by atoms with Crippen LogP contribution in [0.25, 0.3) is 11.4 Å². The first-order valence-electron chi connectivity index (χ1n) is 6.38. The first-order valence-corrected chi connectivity index (χ1v) is 6.38. The molecule has 19 heavy (non-hydrogen) atoms. The van der Waals surface area contributed by atoms with Crippen LogP contribution in [0.4, 0.5) is 4.39 Å². The molecule has 0 saturated carbocycles. The molecule has 2 atom stereocenters. The zero-order chi connectivity index (χ0) is 14.0. The van der Waals surface area contributed by atoms with Gasteiger partial charge in [-0.15, -0.1) is 0 Å².